The van der Waals surface area contributed by atoms with Gasteiger partial charge < -0.3 is 0 Å². The summed E-state index contributed by atoms with van der Waals surface area (Å²) in [4.78, 5) is 0. The van der Waals surface area contributed by atoms with Gasteiger partial charge in [0.15, 0.2) is 0 Å². The number of benzene rings is 6. The molecule has 0 heteroatoms. The van der Waals surface area contributed by atoms with Crippen LogP contribution >= 0.6 is 0 Å². The summed E-state index contributed by atoms with van der Waals surface area (Å²) in [6.07, 6.45) is 0. The van der Waals surface area contributed by atoms with Crippen LogP contribution in [-0.4, -0.2) is 0 Å². The fraction of sp³-hybridized carbons (Fsp3) is 0.0769. The summed E-state index contributed by atoms with van der Waals surface area (Å²) < 4.78 is 0. The number of rotatable bonds is 4. The van der Waals surface area contributed by atoms with Gasteiger partial charge in [-0.25, -0.2) is 0 Å². The van der Waals surface area contributed by atoms with E-state index in [4.69, 9.17) is 0 Å². The fourth-order valence-electron chi connectivity index (χ4n) is 6.28. The molecule has 0 saturated carbocycles. The van der Waals surface area contributed by atoms with E-state index in [1.165, 1.54) is 66.8 Å². The molecule has 0 radical (unpaired) electrons. The highest BCUT2D eigenvalue weighted by molar-refractivity contribution is 5.90. The molecule has 6 aromatic rings. The van der Waals surface area contributed by atoms with Crippen LogP contribution in [-0.2, 0) is 5.41 Å². The van der Waals surface area contributed by atoms with Crippen LogP contribution in [0.15, 0.2) is 146 Å². The second-order valence-electron chi connectivity index (χ2n) is 11.0. The first-order valence-electron chi connectivity index (χ1n) is 13.7. The minimum Gasteiger partial charge on any atom is -0.0622 e. The van der Waals surface area contributed by atoms with Crippen molar-refractivity contribution in [2.45, 2.75) is 19.3 Å². The number of hydrogen-bond donors (Lipinski definition) is 0. The van der Waals surface area contributed by atoms with Crippen LogP contribution in [0.2, 0.25) is 0 Å². The van der Waals surface area contributed by atoms with Crippen molar-refractivity contribution in [2.24, 2.45) is 0 Å². The molecule has 0 heterocycles. The van der Waals surface area contributed by atoms with Crippen molar-refractivity contribution in [3.05, 3.63) is 157 Å². The van der Waals surface area contributed by atoms with Gasteiger partial charge in [-0.05, 0) is 78.9 Å². The third-order valence-corrected chi connectivity index (χ3v) is 8.32. The van der Waals surface area contributed by atoms with Crippen LogP contribution in [0.3, 0.4) is 0 Å². The standard InChI is InChI=1S/C39H30/c1-39(2)37-25-29(33-19-11-9-17-31(33)27-13-5-3-6-14-27)21-23-35(37)36-24-22-30(26-38(36)39)34-20-12-10-18-32(34)28-15-7-4-8-16-28/h3-26H,1-2H3. The maximum Gasteiger partial charge on any atom is 0.0159 e. The largest absolute Gasteiger partial charge is 0.0622 e. The fourth-order valence-corrected chi connectivity index (χ4v) is 6.28. The Balaban J connectivity index is 1.33. The molecule has 0 nitrogen and oxygen atoms in total. The van der Waals surface area contributed by atoms with Crippen LogP contribution in [0, 0.1) is 0 Å². The number of hydrogen-bond acceptors (Lipinski definition) is 0. The average Bonchev–Trinajstić information content (AvgIpc) is 3.23. The van der Waals surface area contributed by atoms with Crippen molar-refractivity contribution in [3.8, 4) is 55.6 Å². The van der Waals surface area contributed by atoms with Gasteiger partial charge in [-0.15, -0.1) is 0 Å². The van der Waals surface area contributed by atoms with Crippen molar-refractivity contribution in [2.75, 3.05) is 0 Å². The Morgan fingerprint density at radius 3 is 1.03 bits per heavy atom. The lowest BCUT2D eigenvalue weighted by atomic mass is 9.80. The number of fused-ring (bicyclic) bond motifs is 3. The molecular formula is C39H30. The van der Waals surface area contributed by atoms with Gasteiger partial charge in [0.1, 0.15) is 0 Å². The lowest BCUT2D eigenvalue weighted by Crippen LogP contribution is -2.15. The van der Waals surface area contributed by atoms with Gasteiger partial charge in [0.2, 0.25) is 0 Å². The summed E-state index contributed by atoms with van der Waals surface area (Å²) in [5.41, 5.74) is 15.5. The normalized spacial score (nSPS) is 13.1. The van der Waals surface area contributed by atoms with E-state index in [2.05, 4.69) is 159 Å². The summed E-state index contributed by atoms with van der Waals surface area (Å²) in [5, 5.41) is 0. The Morgan fingerprint density at radius 1 is 0.308 bits per heavy atom. The minimum absolute atomic E-state index is 0.0972. The first-order valence-corrected chi connectivity index (χ1v) is 13.7. The maximum atomic E-state index is 2.43. The van der Waals surface area contributed by atoms with E-state index in [9.17, 15) is 0 Å². The molecule has 0 aliphatic heterocycles. The van der Waals surface area contributed by atoms with E-state index < -0.39 is 0 Å². The highest BCUT2D eigenvalue weighted by Crippen LogP contribution is 2.51. The first-order chi connectivity index (χ1) is 19.1. The van der Waals surface area contributed by atoms with E-state index in [1.54, 1.807) is 0 Å². The third-order valence-electron chi connectivity index (χ3n) is 8.32. The Hall–Kier alpha value is -4.68. The molecule has 1 aliphatic carbocycles. The Bertz CT molecular complexity index is 1670. The van der Waals surface area contributed by atoms with Crippen molar-refractivity contribution in [1.82, 2.24) is 0 Å². The summed E-state index contributed by atoms with van der Waals surface area (Å²) in [7, 11) is 0. The van der Waals surface area contributed by atoms with Gasteiger partial charge in [-0.2, -0.15) is 0 Å². The quantitative estimate of drug-likeness (QED) is 0.227. The van der Waals surface area contributed by atoms with Gasteiger partial charge >= 0.3 is 0 Å². The molecule has 0 spiro atoms. The summed E-state index contributed by atoms with van der Waals surface area (Å²) >= 11 is 0. The Morgan fingerprint density at radius 2 is 0.641 bits per heavy atom. The average molecular weight is 499 g/mol. The van der Waals surface area contributed by atoms with Crippen molar-refractivity contribution in [1.29, 1.82) is 0 Å². The van der Waals surface area contributed by atoms with Gasteiger partial charge in [0.25, 0.3) is 0 Å². The van der Waals surface area contributed by atoms with Crippen LogP contribution < -0.4 is 0 Å². The van der Waals surface area contributed by atoms with Gasteiger partial charge in [-0.3, -0.25) is 0 Å². The van der Waals surface area contributed by atoms with E-state index >= 15 is 0 Å². The molecule has 0 bridgehead atoms. The molecular weight excluding hydrogens is 468 g/mol. The molecule has 0 fully saturated rings. The van der Waals surface area contributed by atoms with Gasteiger partial charge in [-0.1, -0.05) is 147 Å². The van der Waals surface area contributed by atoms with E-state index in [0.717, 1.165) is 0 Å². The van der Waals surface area contributed by atoms with E-state index in [1.807, 2.05) is 0 Å². The van der Waals surface area contributed by atoms with E-state index in [0.29, 0.717) is 0 Å². The lowest BCUT2D eigenvalue weighted by molar-refractivity contribution is 0.661. The topological polar surface area (TPSA) is 0 Å². The second kappa shape index (κ2) is 9.26. The van der Waals surface area contributed by atoms with Gasteiger partial charge in [0.05, 0.1) is 0 Å². The van der Waals surface area contributed by atoms with Crippen LogP contribution in [0.1, 0.15) is 25.0 Å². The van der Waals surface area contributed by atoms with Crippen molar-refractivity contribution >= 4 is 0 Å². The molecule has 0 aromatic heterocycles. The highest BCUT2D eigenvalue weighted by Gasteiger charge is 2.36. The van der Waals surface area contributed by atoms with Crippen LogP contribution in [0.5, 0.6) is 0 Å². The monoisotopic (exact) mass is 498 g/mol. The summed E-state index contributed by atoms with van der Waals surface area (Å²) in [6, 6.07) is 53.0. The molecule has 0 unspecified atom stereocenters. The molecule has 0 saturated heterocycles. The first kappa shape index (κ1) is 23.4. The van der Waals surface area contributed by atoms with Crippen LogP contribution in [0.25, 0.3) is 55.6 Å². The SMILES string of the molecule is CC1(C)c2cc(-c3ccccc3-c3ccccc3)ccc2-c2ccc(-c3ccccc3-c3ccccc3)cc21. The molecule has 7 rings (SSSR count). The van der Waals surface area contributed by atoms with Crippen molar-refractivity contribution < 1.29 is 0 Å². The van der Waals surface area contributed by atoms with Gasteiger partial charge in [0, 0.05) is 5.41 Å². The zero-order chi connectivity index (χ0) is 26.4. The predicted octanol–water partition coefficient (Wildman–Crippen LogP) is 10.7. The predicted molar refractivity (Wildman–Crippen MR) is 166 cm³/mol. The summed E-state index contributed by atoms with van der Waals surface area (Å²) in [5.74, 6) is 0. The molecule has 0 N–H and O–H groups in total. The van der Waals surface area contributed by atoms with E-state index in [-0.39, 0.29) is 5.41 Å². The molecule has 1 aliphatic rings. The smallest absolute Gasteiger partial charge is 0.0159 e. The third kappa shape index (κ3) is 3.92. The highest BCUT2D eigenvalue weighted by atomic mass is 14.4. The molecule has 0 atom stereocenters. The Labute approximate surface area is 231 Å². The molecule has 6 aromatic carbocycles. The maximum absolute atomic E-state index is 2.43. The van der Waals surface area contributed by atoms with Crippen LogP contribution in [0.4, 0.5) is 0 Å². The summed E-state index contributed by atoms with van der Waals surface area (Å²) in [6.45, 7) is 4.74. The lowest BCUT2D eigenvalue weighted by Gasteiger charge is -2.23. The van der Waals surface area contributed by atoms with Crippen molar-refractivity contribution in [3.63, 3.8) is 0 Å². The Kier molecular flexibility index (Phi) is 5.56. The molecule has 0 amide bonds. The molecule has 39 heavy (non-hydrogen) atoms. The zero-order valence-electron chi connectivity index (χ0n) is 22.4. The second-order valence-corrected chi connectivity index (χ2v) is 11.0. The zero-order valence-corrected chi connectivity index (χ0v) is 22.4. The molecule has 186 valence electrons. The minimum atomic E-state index is -0.0972.